The quantitative estimate of drug-likeness (QED) is 0.748. The SMILES string of the molecule is COc1ccc2cc(CCC(=O)NCC(=O)N3CCN(C)CC3)c(=O)[nH]c2c1. The highest BCUT2D eigenvalue weighted by Crippen LogP contribution is 2.18. The molecule has 1 aliphatic heterocycles. The Kier molecular flexibility index (Phi) is 6.30. The average molecular weight is 386 g/mol. The maximum absolute atomic E-state index is 12.3. The van der Waals surface area contributed by atoms with E-state index in [4.69, 9.17) is 4.74 Å². The van der Waals surface area contributed by atoms with E-state index in [1.54, 1.807) is 24.1 Å². The van der Waals surface area contributed by atoms with Crippen molar-refractivity contribution in [3.63, 3.8) is 0 Å². The number of aromatic nitrogens is 1. The Labute approximate surface area is 163 Å². The third-order valence-electron chi connectivity index (χ3n) is 5.04. The van der Waals surface area contributed by atoms with E-state index in [2.05, 4.69) is 15.2 Å². The van der Waals surface area contributed by atoms with Crippen molar-refractivity contribution in [2.75, 3.05) is 46.9 Å². The number of carbonyl (C=O) groups excluding carboxylic acids is 2. The number of fused-ring (bicyclic) bond motifs is 1. The summed E-state index contributed by atoms with van der Waals surface area (Å²) in [4.78, 5) is 43.3. The van der Waals surface area contributed by atoms with Crippen molar-refractivity contribution >= 4 is 22.7 Å². The Morgan fingerprint density at radius 2 is 1.93 bits per heavy atom. The zero-order valence-corrected chi connectivity index (χ0v) is 16.3. The molecule has 0 unspecified atom stereocenters. The lowest BCUT2D eigenvalue weighted by atomic mass is 10.1. The Bertz CT molecular complexity index is 916. The molecule has 1 aromatic heterocycles. The summed E-state index contributed by atoms with van der Waals surface area (Å²) in [5.74, 6) is 0.357. The molecular formula is C20H26N4O4. The van der Waals surface area contributed by atoms with Gasteiger partial charge in [0.2, 0.25) is 11.8 Å². The smallest absolute Gasteiger partial charge is 0.251 e. The molecule has 1 aromatic carbocycles. The lowest BCUT2D eigenvalue weighted by Gasteiger charge is -2.32. The van der Waals surface area contributed by atoms with Gasteiger partial charge in [-0.2, -0.15) is 0 Å². The second kappa shape index (κ2) is 8.88. The monoisotopic (exact) mass is 386 g/mol. The van der Waals surface area contributed by atoms with Crippen molar-refractivity contribution in [2.24, 2.45) is 0 Å². The van der Waals surface area contributed by atoms with Crippen LogP contribution in [0.1, 0.15) is 12.0 Å². The molecule has 8 nitrogen and oxygen atoms in total. The molecule has 2 N–H and O–H groups in total. The van der Waals surface area contributed by atoms with Crippen LogP contribution in [0.3, 0.4) is 0 Å². The standard InChI is InChI=1S/C20H26N4O4/c1-23-7-9-24(10-8-23)19(26)13-21-18(25)6-4-15-11-14-3-5-16(28-2)12-17(14)22-20(15)27/h3,5,11-12H,4,6-10,13H2,1-2H3,(H,21,25)(H,22,27). The molecule has 1 saturated heterocycles. The number of likely N-dealkylation sites (N-methyl/N-ethyl adjacent to an activating group) is 1. The van der Waals surface area contributed by atoms with Gasteiger partial charge >= 0.3 is 0 Å². The summed E-state index contributed by atoms with van der Waals surface area (Å²) in [6.07, 6.45) is 0.465. The van der Waals surface area contributed by atoms with E-state index in [1.807, 2.05) is 19.2 Å². The van der Waals surface area contributed by atoms with Gasteiger partial charge in [-0.05, 0) is 37.1 Å². The predicted molar refractivity (Wildman–Crippen MR) is 107 cm³/mol. The van der Waals surface area contributed by atoms with Crippen LogP contribution in [0.15, 0.2) is 29.1 Å². The van der Waals surface area contributed by atoms with Crippen LogP contribution < -0.4 is 15.6 Å². The Morgan fingerprint density at radius 3 is 2.64 bits per heavy atom. The fraction of sp³-hybridized carbons (Fsp3) is 0.450. The minimum absolute atomic E-state index is 0.00355. The summed E-state index contributed by atoms with van der Waals surface area (Å²) in [5.41, 5.74) is 1.01. The molecular weight excluding hydrogens is 360 g/mol. The van der Waals surface area contributed by atoms with Crippen molar-refractivity contribution in [3.8, 4) is 5.75 Å². The Balaban J connectivity index is 1.52. The molecule has 0 radical (unpaired) electrons. The van der Waals surface area contributed by atoms with Gasteiger partial charge in [0, 0.05) is 44.2 Å². The summed E-state index contributed by atoms with van der Waals surface area (Å²) in [6.45, 7) is 3.05. The number of nitrogens with zero attached hydrogens (tertiary/aromatic N) is 2. The number of benzene rings is 1. The Morgan fingerprint density at radius 1 is 1.18 bits per heavy atom. The topological polar surface area (TPSA) is 94.7 Å². The number of carbonyl (C=O) groups is 2. The molecule has 1 aliphatic rings. The van der Waals surface area contributed by atoms with Crippen LogP contribution >= 0.6 is 0 Å². The summed E-state index contributed by atoms with van der Waals surface area (Å²) < 4.78 is 5.16. The first-order valence-corrected chi connectivity index (χ1v) is 9.39. The van der Waals surface area contributed by atoms with E-state index in [0.29, 0.717) is 36.3 Å². The number of rotatable bonds is 6. The first-order valence-electron chi connectivity index (χ1n) is 9.39. The van der Waals surface area contributed by atoms with Crippen molar-refractivity contribution in [1.29, 1.82) is 0 Å². The van der Waals surface area contributed by atoms with E-state index in [-0.39, 0.29) is 30.3 Å². The van der Waals surface area contributed by atoms with Crippen LogP contribution in [0.25, 0.3) is 10.9 Å². The normalized spacial score (nSPS) is 14.9. The molecule has 8 heteroatoms. The number of nitrogens with one attached hydrogen (secondary N) is 2. The minimum atomic E-state index is -0.239. The maximum Gasteiger partial charge on any atom is 0.251 e. The van der Waals surface area contributed by atoms with Gasteiger partial charge < -0.3 is 24.8 Å². The van der Waals surface area contributed by atoms with Gasteiger partial charge in [-0.1, -0.05) is 0 Å². The van der Waals surface area contributed by atoms with Gasteiger partial charge in [0.05, 0.1) is 19.2 Å². The van der Waals surface area contributed by atoms with E-state index in [1.165, 1.54) is 0 Å². The van der Waals surface area contributed by atoms with Gasteiger partial charge in [0.15, 0.2) is 0 Å². The number of ether oxygens (including phenoxy) is 1. The van der Waals surface area contributed by atoms with Crippen LogP contribution in [0.5, 0.6) is 5.75 Å². The molecule has 0 bridgehead atoms. The van der Waals surface area contributed by atoms with Crippen molar-refractivity contribution in [1.82, 2.24) is 20.1 Å². The molecule has 2 amide bonds. The first kappa shape index (κ1) is 19.9. The second-order valence-corrected chi connectivity index (χ2v) is 7.04. The molecule has 28 heavy (non-hydrogen) atoms. The summed E-state index contributed by atoms with van der Waals surface area (Å²) in [5, 5.41) is 3.54. The zero-order valence-electron chi connectivity index (χ0n) is 16.3. The molecule has 0 saturated carbocycles. The number of pyridine rings is 1. The lowest BCUT2D eigenvalue weighted by molar-refractivity contribution is -0.134. The number of H-pyrrole nitrogens is 1. The summed E-state index contributed by atoms with van der Waals surface area (Å²) >= 11 is 0. The zero-order chi connectivity index (χ0) is 20.1. The van der Waals surface area contributed by atoms with Crippen molar-refractivity contribution < 1.29 is 14.3 Å². The second-order valence-electron chi connectivity index (χ2n) is 7.04. The van der Waals surface area contributed by atoms with E-state index < -0.39 is 0 Å². The molecule has 2 heterocycles. The van der Waals surface area contributed by atoms with Crippen LogP contribution in [0, 0.1) is 0 Å². The van der Waals surface area contributed by atoms with Gasteiger partial charge in [0.25, 0.3) is 5.56 Å². The van der Waals surface area contributed by atoms with Crippen molar-refractivity contribution in [2.45, 2.75) is 12.8 Å². The fourth-order valence-electron chi connectivity index (χ4n) is 3.22. The van der Waals surface area contributed by atoms with Crippen LogP contribution in [-0.2, 0) is 16.0 Å². The molecule has 2 aromatic rings. The highest BCUT2D eigenvalue weighted by atomic mass is 16.5. The predicted octanol–water partition coefficient (Wildman–Crippen LogP) is 0.360. The largest absolute Gasteiger partial charge is 0.497 e. The van der Waals surface area contributed by atoms with Crippen LogP contribution in [0.2, 0.25) is 0 Å². The first-order chi connectivity index (χ1) is 13.5. The maximum atomic E-state index is 12.3. The van der Waals surface area contributed by atoms with E-state index >= 15 is 0 Å². The Hall–Kier alpha value is -2.87. The highest BCUT2D eigenvalue weighted by Gasteiger charge is 2.19. The minimum Gasteiger partial charge on any atom is -0.497 e. The third kappa shape index (κ3) is 4.89. The van der Waals surface area contributed by atoms with Gasteiger partial charge in [0.1, 0.15) is 5.75 Å². The lowest BCUT2D eigenvalue weighted by Crippen LogP contribution is -2.50. The van der Waals surface area contributed by atoms with Gasteiger partial charge in [-0.15, -0.1) is 0 Å². The number of methoxy groups -OCH3 is 1. The highest BCUT2D eigenvalue weighted by molar-refractivity contribution is 5.85. The van der Waals surface area contributed by atoms with Crippen LogP contribution in [-0.4, -0.2) is 73.5 Å². The molecule has 150 valence electrons. The van der Waals surface area contributed by atoms with E-state index in [0.717, 1.165) is 18.5 Å². The number of amides is 2. The average Bonchev–Trinajstić information content (AvgIpc) is 2.70. The molecule has 3 rings (SSSR count). The number of aryl methyl sites for hydroxylation is 1. The molecule has 1 fully saturated rings. The number of piperazine rings is 1. The number of hydrogen-bond donors (Lipinski definition) is 2. The van der Waals surface area contributed by atoms with Gasteiger partial charge in [-0.3, -0.25) is 14.4 Å². The van der Waals surface area contributed by atoms with Crippen molar-refractivity contribution in [3.05, 3.63) is 40.2 Å². The molecule has 0 spiro atoms. The van der Waals surface area contributed by atoms with Crippen LogP contribution in [0.4, 0.5) is 0 Å². The third-order valence-corrected chi connectivity index (χ3v) is 5.04. The summed E-state index contributed by atoms with van der Waals surface area (Å²) in [6, 6.07) is 7.23. The van der Waals surface area contributed by atoms with Gasteiger partial charge in [-0.25, -0.2) is 0 Å². The number of aromatic amines is 1. The molecule has 0 aliphatic carbocycles. The number of hydrogen-bond acceptors (Lipinski definition) is 5. The summed E-state index contributed by atoms with van der Waals surface area (Å²) in [7, 11) is 3.59. The molecule has 0 atom stereocenters. The fourth-order valence-corrected chi connectivity index (χ4v) is 3.22. The van der Waals surface area contributed by atoms with E-state index in [9.17, 15) is 14.4 Å².